The predicted molar refractivity (Wildman–Crippen MR) is 63.9 cm³/mol. The molecule has 88 valence electrons. The van der Waals surface area contributed by atoms with Crippen LogP contribution in [0.4, 0.5) is 0 Å². The lowest BCUT2D eigenvalue weighted by Gasteiger charge is -2.13. The first-order valence-corrected chi connectivity index (χ1v) is 5.23. The minimum absolute atomic E-state index is 0.125. The molecule has 0 unspecified atom stereocenters. The van der Waals surface area contributed by atoms with Crippen molar-refractivity contribution in [2.75, 3.05) is 34.3 Å². The standard InChI is InChI=1S/C12H18N2O2/c1-13-12(15)10-6-4-5-7-11(10)16-9-8-14(2)3/h4-7H,8-9H2,1-3H3,(H,13,15). The van der Waals surface area contributed by atoms with Crippen LogP contribution in [-0.4, -0.2) is 45.1 Å². The third-order valence-electron chi connectivity index (χ3n) is 2.15. The number of nitrogens with zero attached hydrogens (tertiary/aromatic N) is 1. The van der Waals surface area contributed by atoms with Crippen LogP contribution in [-0.2, 0) is 0 Å². The van der Waals surface area contributed by atoms with E-state index in [1.807, 2.05) is 31.1 Å². The van der Waals surface area contributed by atoms with Gasteiger partial charge in [-0.15, -0.1) is 0 Å². The van der Waals surface area contributed by atoms with Crippen molar-refractivity contribution in [1.82, 2.24) is 10.2 Å². The van der Waals surface area contributed by atoms with Crippen molar-refractivity contribution in [2.24, 2.45) is 0 Å². The van der Waals surface area contributed by atoms with Crippen molar-refractivity contribution in [2.45, 2.75) is 0 Å². The quantitative estimate of drug-likeness (QED) is 0.807. The summed E-state index contributed by atoms with van der Waals surface area (Å²) in [6.07, 6.45) is 0. The predicted octanol–water partition coefficient (Wildman–Crippen LogP) is 0.987. The van der Waals surface area contributed by atoms with Crippen molar-refractivity contribution in [3.8, 4) is 5.75 Å². The second-order valence-electron chi connectivity index (χ2n) is 3.73. The fourth-order valence-electron chi connectivity index (χ4n) is 1.25. The molecule has 0 radical (unpaired) electrons. The number of hydrogen-bond acceptors (Lipinski definition) is 3. The largest absolute Gasteiger partial charge is 0.491 e. The van der Waals surface area contributed by atoms with Crippen LogP contribution in [0, 0.1) is 0 Å². The lowest BCUT2D eigenvalue weighted by atomic mass is 10.2. The molecule has 0 saturated heterocycles. The topological polar surface area (TPSA) is 41.6 Å². The van der Waals surface area contributed by atoms with E-state index in [1.165, 1.54) is 0 Å². The number of rotatable bonds is 5. The van der Waals surface area contributed by atoms with E-state index >= 15 is 0 Å². The normalized spacial score (nSPS) is 10.2. The van der Waals surface area contributed by atoms with Crippen LogP contribution in [0.1, 0.15) is 10.4 Å². The van der Waals surface area contributed by atoms with Crippen molar-refractivity contribution in [1.29, 1.82) is 0 Å². The maximum absolute atomic E-state index is 11.5. The summed E-state index contributed by atoms with van der Waals surface area (Å²) < 4.78 is 5.57. The second-order valence-corrected chi connectivity index (χ2v) is 3.73. The summed E-state index contributed by atoms with van der Waals surface area (Å²) >= 11 is 0. The fraction of sp³-hybridized carbons (Fsp3) is 0.417. The highest BCUT2D eigenvalue weighted by Crippen LogP contribution is 2.17. The number of para-hydroxylation sites is 1. The minimum Gasteiger partial charge on any atom is -0.491 e. The highest BCUT2D eigenvalue weighted by Gasteiger charge is 2.09. The third-order valence-corrected chi connectivity index (χ3v) is 2.15. The number of ether oxygens (including phenoxy) is 1. The van der Waals surface area contributed by atoms with Crippen LogP contribution in [0.15, 0.2) is 24.3 Å². The Bertz CT molecular complexity index is 351. The molecule has 0 aliphatic heterocycles. The van der Waals surface area contributed by atoms with Gasteiger partial charge in [0.25, 0.3) is 5.91 Å². The number of carbonyl (C=O) groups excluding carboxylic acids is 1. The molecular weight excluding hydrogens is 204 g/mol. The molecule has 0 aromatic heterocycles. The molecule has 1 rings (SSSR count). The average Bonchev–Trinajstić information content (AvgIpc) is 2.28. The molecule has 0 atom stereocenters. The van der Waals surface area contributed by atoms with Gasteiger partial charge in [0.2, 0.25) is 0 Å². The summed E-state index contributed by atoms with van der Waals surface area (Å²) in [5.41, 5.74) is 0.573. The lowest BCUT2D eigenvalue weighted by molar-refractivity contribution is 0.0958. The Hall–Kier alpha value is -1.55. The molecule has 4 heteroatoms. The van der Waals surface area contributed by atoms with Gasteiger partial charge in [0.15, 0.2) is 0 Å². The van der Waals surface area contributed by atoms with Gasteiger partial charge < -0.3 is 15.0 Å². The zero-order valence-electron chi connectivity index (χ0n) is 9.99. The maximum Gasteiger partial charge on any atom is 0.254 e. The second kappa shape index (κ2) is 6.12. The molecular formula is C12H18N2O2. The van der Waals surface area contributed by atoms with Crippen molar-refractivity contribution in [3.63, 3.8) is 0 Å². The number of carbonyl (C=O) groups is 1. The van der Waals surface area contributed by atoms with Gasteiger partial charge in [-0.3, -0.25) is 4.79 Å². The maximum atomic E-state index is 11.5. The molecule has 1 amide bonds. The lowest BCUT2D eigenvalue weighted by Crippen LogP contribution is -2.22. The Balaban J connectivity index is 2.67. The zero-order valence-corrected chi connectivity index (χ0v) is 9.99. The number of amides is 1. The first kappa shape index (κ1) is 12.5. The van der Waals surface area contributed by atoms with Crippen molar-refractivity contribution >= 4 is 5.91 Å². The monoisotopic (exact) mass is 222 g/mol. The molecule has 0 fully saturated rings. The van der Waals surface area contributed by atoms with Gasteiger partial charge in [-0.1, -0.05) is 12.1 Å². The highest BCUT2D eigenvalue weighted by molar-refractivity contribution is 5.96. The van der Waals surface area contributed by atoms with Crippen LogP contribution < -0.4 is 10.1 Å². The van der Waals surface area contributed by atoms with Crippen LogP contribution >= 0.6 is 0 Å². The summed E-state index contributed by atoms with van der Waals surface area (Å²) in [7, 11) is 5.57. The van der Waals surface area contributed by atoms with E-state index in [-0.39, 0.29) is 5.91 Å². The summed E-state index contributed by atoms with van der Waals surface area (Å²) in [6.45, 7) is 1.39. The first-order chi connectivity index (χ1) is 7.65. The van der Waals surface area contributed by atoms with E-state index < -0.39 is 0 Å². The molecule has 16 heavy (non-hydrogen) atoms. The molecule has 1 aromatic rings. The molecule has 1 N–H and O–H groups in total. The zero-order chi connectivity index (χ0) is 12.0. The van der Waals surface area contributed by atoms with Gasteiger partial charge in [-0.25, -0.2) is 0 Å². The van der Waals surface area contributed by atoms with Crippen molar-refractivity contribution < 1.29 is 9.53 Å². The van der Waals surface area contributed by atoms with Crippen LogP contribution in [0.2, 0.25) is 0 Å². The number of nitrogens with one attached hydrogen (secondary N) is 1. The number of likely N-dealkylation sites (N-methyl/N-ethyl adjacent to an activating group) is 1. The summed E-state index contributed by atoms with van der Waals surface area (Å²) in [6, 6.07) is 7.24. The Labute approximate surface area is 96.2 Å². The Morgan fingerprint density at radius 2 is 2.06 bits per heavy atom. The Kier molecular flexibility index (Phi) is 4.79. The Morgan fingerprint density at radius 1 is 1.38 bits per heavy atom. The fourth-order valence-corrected chi connectivity index (χ4v) is 1.25. The summed E-state index contributed by atoms with van der Waals surface area (Å²) in [5, 5.41) is 2.59. The molecule has 1 aromatic carbocycles. The van der Waals surface area contributed by atoms with Gasteiger partial charge in [-0.05, 0) is 26.2 Å². The van der Waals surface area contributed by atoms with E-state index in [0.717, 1.165) is 6.54 Å². The molecule has 0 aliphatic rings. The van der Waals surface area contributed by atoms with Gasteiger partial charge in [0.1, 0.15) is 12.4 Å². The van der Waals surface area contributed by atoms with E-state index in [1.54, 1.807) is 19.2 Å². The van der Waals surface area contributed by atoms with E-state index in [9.17, 15) is 4.79 Å². The van der Waals surface area contributed by atoms with Gasteiger partial charge in [0, 0.05) is 13.6 Å². The van der Waals surface area contributed by atoms with Gasteiger partial charge in [-0.2, -0.15) is 0 Å². The number of hydrogen-bond donors (Lipinski definition) is 1. The van der Waals surface area contributed by atoms with Gasteiger partial charge in [0.05, 0.1) is 5.56 Å². The molecule has 0 aliphatic carbocycles. The molecule has 4 nitrogen and oxygen atoms in total. The van der Waals surface area contributed by atoms with E-state index in [0.29, 0.717) is 17.9 Å². The smallest absolute Gasteiger partial charge is 0.254 e. The first-order valence-electron chi connectivity index (χ1n) is 5.23. The molecule has 0 saturated carbocycles. The minimum atomic E-state index is -0.125. The van der Waals surface area contributed by atoms with E-state index in [2.05, 4.69) is 5.32 Å². The SMILES string of the molecule is CNC(=O)c1ccccc1OCCN(C)C. The van der Waals surface area contributed by atoms with Crippen LogP contribution in [0.5, 0.6) is 5.75 Å². The molecule has 0 spiro atoms. The third kappa shape index (κ3) is 3.55. The molecule has 0 bridgehead atoms. The number of benzene rings is 1. The van der Waals surface area contributed by atoms with Crippen molar-refractivity contribution in [3.05, 3.63) is 29.8 Å². The van der Waals surface area contributed by atoms with E-state index in [4.69, 9.17) is 4.74 Å². The van der Waals surface area contributed by atoms with Crippen LogP contribution in [0.25, 0.3) is 0 Å². The highest BCUT2D eigenvalue weighted by atomic mass is 16.5. The average molecular weight is 222 g/mol. The summed E-state index contributed by atoms with van der Waals surface area (Å²) in [4.78, 5) is 13.6. The van der Waals surface area contributed by atoms with Crippen LogP contribution in [0.3, 0.4) is 0 Å². The van der Waals surface area contributed by atoms with Gasteiger partial charge >= 0.3 is 0 Å². The molecule has 0 heterocycles. The summed E-state index contributed by atoms with van der Waals surface area (Å²) in [5.74, 6) is 0.504. The Morgan fingerprint density at radius 3 is 2.69 bits per heavy atom.